The van der Waals surface area contributed by atoms with E-state index in [1.807, 2.05) is 24.3 Å². The van der Waals surface area contributed by atoms with E-state index in [1.165, 1.54) is 0 Å². The van der Waals surface area contributed by atoms with Crippen LogP contribution in [0.15, 0.2) is 24.3 Å². The second-order valence-corrected chi connectivity index (χ2v) is 4.37. The van der Waals surface area contributed by atoms with Crippen LogP contribution in [0.5, 0.6) is 5.75 Å². The topological polar surface area (TPSA) is 38.7 Å². The number of hydrogen-bond donors (Lipinski definition) is 1. The molecule has 1 N–H and O–H groups in total. The fourth-order valence-electron chi connectivity index (χ4n) is 2.18. The highest BCUT2D eigenvalue weighted by atomic mass is 16.5. The minimum atomic E-state index is -0.729. The van der Waals surface area contributed by atoms with Crippen molar-refractivity contribution in [3.05, 3.63) is 29.8 Å². The number of benzene rings is 1. The first-order valence-corrected chi connectivity index (χ1v) is 5.65. The minimum Gasteiger partial charge on any atom is -0.496 e. The van der Waals surface area contributed by atoms with Crippen molar-refractivity contribution in [2.75, 3.05) is 20.3 Å². The number of aliphatic hydroxyl groups is 1. The summed E-state index contributed by atoms with van der Waals surface area (Å²) < 4.78 is 10.6. The summed E-state index contributed by atoms with van der Waals surface area (Å²) in [5.41, 5.74) is 0.311. The van der Waals surface area contributed by atoms with E-state index in [0.717, 1.165) is 30.8 Å². The van der Waals surface area contributed by atoms with E-state index in [1.54, 1.807) is 7.11 Å². The van der Waals surface area contributed by atoms with Crippen LogP contribution in [0.3, 0.4) is 0 Å². The normalized spacial score (nSPS) is 25.4. The van der Waals surface area contributed by atoms with Gasteiger partial charge in [0.1, 0.15) is 5.75 Å². The van der Waals surface area contributed by atoms with E-state index < -0.39 is 5.60 Å². The lowest BCUT2D eigenvalue weighted by Crippen LogP contribution is -2.40. The molecule has 3 nitrogen and oxygen atoms in total. The van der Waals surface area contributed by atoms with Crippen molar-refractivity contribution in [2.45, 2.75) is 24.9 Å². The Bertz CT molecular complexity index is 343. The molecule has 3 heteroatoms. The van der Waals surface area contributed by atoms with Crippen molar-refractivity contribution in [2.24, 2.45) is 0 Å². The predicted molar refractivity (Wildman–Crippen MR) is 61.7 cm³/mol. The average molecular weight is 222 g/mol. The van der Waals surface area contributed by atoms with Crippen molar-refractivity contribution < 1.29 is 14.6 Å². The first-order valence-electron chi connectivity index (χ1n) is 5.65. The van der Waals surface area contributed by atoms with Crippen LogP contribution in [0.25, 0.3) is 0 Å². The van der Waals surface area contributed by atoms with Crippen LogP contribution in [-0.4, -0.2) is 31.0 Å². The van der Waals surface area contributed by atoms with Crippen LogP contribution in [0, 0.1) is 0 Å². The molecule has 1 heterocycles. The number of para-hydroxylation sites is 1. The molecule has 1 aliphatic rings. The van der Waals surface area contributed by atoms with Gasteiger partial charge in [-0.15, -0.1) is 0 Å². The van der Waals surface area contributed by atoms with Crippen LogP contribution in [-0.2, 0) is 11.2 Å². The number of rotatable bonds is 3. The second-order valence-electron chi connectivity index (χ2n) is 4.37. The Kier molecular flexibility index (Phi) is 3.46. The Morgan fingerprint density at radius 1 is 1.44 bits per heavy atom. The molecule has 88 valence electrons. The molecular formula is C13H18O3. The first kappa shape index (κ1) is 11.4. The van der Waals surface area contributed by atoms with Crippen LogP contribution >= 0.6 is 0 Å². The van der Waals surface area contributed by atoms with Crippen molar-refractivity contribution >= 4 is 0 Å². The molecular weight excluding hydrogens is 204 g/mol. The Hall–Kier alpha value is -1.06. The molecule has 0 spiro atoms. The highest BCUT2D eigenvalue weighted by Gasteiger charge is 2.31. The van der Waals surface area contributed by atoms with Gasteiger partial charge in [0, 0.05) is 13.0 Å². The van der Waals surface area contributed by atoms with Gasteiger partial charge in [-0.25, -0.2) is 0 Å². The Balaban J connectivity index is 2.12. The molecule has 1 fully saturated rings. The largest absolute Gasteiger partial charge is 0.496 e. The molecule has 0 bridgehead atoms. The predicted octanol–water partition coefficient (Wildman–Crippen LogP) is 1.78. The molecule has 0 aliphatic carbocycles. The van der Waals surface area contributed by atoms with E-state index in [4.69, 9.17) is 9.47 Å². The van der Waals surface area contributed by atoms with Gasteiger partial charge in [-0.05, 0) is 24.5 Å². The quantitative estimate of drug-likeness (QED) is 0.847. The van der Waals surface area contributed by atoms with E-state index in [0.29, 0.717) is 13.0 Å². The third-order valence-electron chi connectivity index (χ3n) is 3.01. The average Bonchev–Trinajstić information content (AvgIpc) is 2.30. The Labute approximate surface area is 96.0 Å². The zero-order chi connectivity index (χ0) is 11.4. The lowest BCUT2D eigenvalue weighted by Gasteiger charge is -2.32. The highest BCUT2D eigenvalue weighted by Crippen LogP contribution is 2.28. The van der Waals surface area contributed by atoms with Gasteiger partial charge >= 0.3 is 0 Å². The summed E-state index contributed by atoms with van der Waals surface area (Å²) in [7, 11) is 1.65. The van der Waals surface area contributed by atoms with Crippen molar-refractivity contribution in [1.29, 1.82) is 0 Å². The molecule has 1 aliphatic heterocycles. The summed E-state index contributed by atoms with van der Waals surface area (Å²) in [6.07, 6.45) is 2.31. The fraction of sp³-hybridized carbons (Fsp3) is 0.538. The summed E-state index contributed by atoms with van der Waals surface area (Å²) in [6, 6.07) is 7.81. The standard InChI is InChI=1S/C13H18O3/c1-15-12-6-3-2-5-11(12)9-13(14)7-4-8-16-10-13/h2-3,5-6,14H,4,7-10H2,1H3. The van der Waals surface area contributed by atoms with Gasteiger partial charge in [0.25, 0.3) is 0 Å². The van der Waals surface area contributed by atoms with Crippen molar-refractivity contribution in [3.63, 3.8) is 0 Å². The van der Waals surface area contributed by atoms with Gasteiger partial charge < -0.3 is 14.6 Å². The van der Waals surface area contributed by atoms with Gasteiger partial charge in [0.15, 0.2) is 0 Å². The summed E-state index contributed by atoms with van der Waals surface area (Å²) >= 11 is 0. The number of ether oxygens (including phenoxy) is 2. The Morgan fingerprint density at radius 3 is 2.94 bits per heavy atom. The lowest BCUT2D eigenvalue weighted by atomic mass is 9.89. The maximum absolute atomic E-state index is 10.4. The zero-order valence-electron chi connectivity index (χ0n) is 9.61. The van der Waals surface area contributed by atoms with E-state index in [-0.39, 0.29) is 0 Å². The van der Waals surface area contributed by atoms with Gasteiger partial charge in [-0.2, -0.15) is 0 Å². The monoisotopic (exact) mass is 222 g/mol. The molecule has 0 radical (unpaired) electrons. The van der Waals surface area contributed by atoms with Crippen molar-refractivity contribution in [3.8, 4) is 5.75 Å². The summed E-state index contributed by atoms with van der Waals surface area (Å²) in [4.78, 5) is 0. The van der Waals surface area contributed by atoms with Crippen LogP contribution in [0.1, 0.15) is 18.4 Å². The maximum Gasteiger partial charge on any atom is 0.122 e. The van der Waals surface area contributed by atoms with Gasteiger partial charge in [-0.3, -0.25) is 0 Å². The molecule has 0 amide bonds. The third kappa shape index (κ3) is 2.54. The number of hydrogen-bond acceptors (Lipinski definition) is 3. The van der Waals surface area contributed by atoms with Gasteiger partial charge in [-0.1, -0.05) is 18.2 Å². The van der Waals surface area contributed by atoms with Crippen molar-refractivity contribution in [1.82, 2.24) is 0 Å². The summed E-state index contributed by atoms with van der Waals surface area (Å²) in [5.74, 6) is 0.835. The van der Waals surface area contributed by atoms with Crippen LogP contribution in [0.4, 0.5) is 0 Å². The highest BCUT2D eigenvalue weighted by molar-refractivity contribution is 5.34. The second kappa shape index (κ2) is 4.85. The lowest BCUT2D eigenvalue weighted by molar-refractivity contribution is -0.0846. The van der Waals surface area contributed by atoms with Gasteiger partial charge in [0.2, 0.25) is 0 Å². The minimum absolute atomic E-state index is 0.422. The van der Waals surface area contributed by atoms with E-state index in [9.17, 15) is 5.11 Å². The molecule has 2 rings (SSSR count). The molecule has 1 unspecified atom stereocenters. The SMILES string of the molecule is COc1ccccc1CC1(O)CCCOC1. The first-order chi connectivity index (χ1) is 7.73. The maximum atomic E-state index is 10.4. The molecule has 1 aromatic carbocycles. The Morgan fingerprint density at radius 2 is 2.25 bits per heavy atom. The van der Waals surface area contributed by atoms with Crippen LogP contribution in [0.2, 0.25) is 0 Å². The molecule has 1 saturated heterocycles. The van der Waals surface area contributed by atoms with Gasteiger partial charge in [0.05, 0.1) is 19.3 Å². The number of methoxy groups -OCH3 is 1. The fourth-order valence-corrected chi connectivity index (χ4v) is 2.18. The van der Waals surface area contributed by atoms with Crippen LogP contribution < -0.4 is 4.74 Å². The molecule has 16 heavy (non-hydrogen) atoms. The third-order valence-corrected chi connectivity index (χ3v) is 3.01. The van der Waals surface area contributed by atoms with E-state index >= 15 is 0 Å². The smallest absolute Gasteiger partial charge is 0.122 e. The zero-order valence-corrected chi connectivity index (χ0v) is 9.61. The summed E-state index contributed by atoms with van der Waals surface area (Å²) in [6.45, 7) is 1.18. The summed E-state index contributed by atoms with van der Waals surface area (Å²) in [5, 5.41) is 10.4. The molecule has 0 aromatic heterocycles. The molecule has 1 atom stereocenters. The van der Waals surface area contributed by atoms with E-state index in [2.05, 4.69) is 0 Å². The molecule has 1 aromatic rings. The molecule has 0 saturated carbocycles.